The topological polar surface area (TPSA) is 49.4 Å². The first-order valence-corrected chi connectivity index (χ1v) is 12.9. The molecule has 4 nitrogen and oxygen atoms in total. The number of carbonyl (C=O) groups excluding carboxylic acids is 2. The second-order valence-corrected chi connectivity index (χ2v) is 9.94. The van der Waals surface area contributed by atoms with E-state index in [9.17, 15) is 9.59 Å². The Kier molecular flexibility index (Phi) is 9.49. The molecule has 0 aliphatic heterocycles. The van der Waals surface area contributed by atoms with Crippen molar-refractivity contribution >= 4 is 35.2 Å². The van der Waals surface area contributed by atoms with Crippen molar-refractivity contribution in [3.05, 3.63) is 70.2 Å². The zero-order valence-electron chi connectivity index (χ0n) is 19.0. The van der Waals surface area contributed by atoms with E-state index < -0.39 is 6.04 Å². The van der Waals surface area contributed by atoms with Crippen molar-refractivity contribution in [1.82, 2.24) is 10.2 Å². The fourth-order valence-corrected chi connectivity index (χ4v) is 5.25. The summed E-state index contributed by atoms with van der Waals surface area (Å²) in [5.41, 5.74) is 3.30. The lowest BCUT2D eigenvalue weighted by Gasteiger charge is -2.31. The summed E-state index contributed by atoms with van der Waals surface area (Å²) in [6.45, 7) is 4.22. The summed E-state index contributed by atoms with van der Waals surface area (Å²) >= 11 is 7.95. The predicted molar refractivity (Wildman–Crippen MR) is 134 cm³/mol. The molecule has 0 saturated heterocycles. The fraction of sp³-hybridized carbons (Fsp3) is 0.462. The molecule has 2 amide bonds. The minimum absolute atomic E-state index is 0.0465. The van der Waals surface area contributed by atoms with Crippen LogP contribution in [0.4, 0.5) is 0 Å². The van der Waals surface area contributed by atoms with Crippen LogP contribution in [0.25, 0.3) is 0 Å². The van der Waals surface area contributed by atoms with Gasteiger partial charge in [-0.25, -0.2) is 0 Å². The van der Waals surface area contributed by atoms with Crippen LogP contribution in [0, 0.1) is 6.92 Å². The molecule has 1 atom stereocenters. The molecular weight excluding hydrogens is 440 g/mol. The third-order valence-electron chi connectivity index (χ3n) is 6.16. The Hall–Kier alpha value is -1.98. The second-order valence-electron chi connectivity index (χ2n) is 8.55. The molecule has 2 aromatic rings. The molecule has 1 fully saturated rings. The van der Waals surface area contributed by atoms with Crippen molar-refractivity contribution in [2.75, 3.05) is 5.75 Å². The Morgan fingerprint density at radius 3 is 2.41 bits per heavy atom. The van der Waals surface area contributed by atoms with Crippen LogP contribution in [-0.4, -0.2) is 34.6 Å². The van der Waals surface area contributed by atoms with Gasteiger partial charge in [0.05, 0.1) is 5.75 Å². The summed E-state index contributed by atoms with van der Waals surface area (Å²) in [6.07, 6.45) is 5.57. The number of rotatable bonds is 9. The van der Waals surface area contributed by atoms with Gasteiger partial charge in [0.1, 0.15) is 6.04 Å². The van der Waals surface area contributed by atoms with Gasteiger partial charge in [-0.2, -0.15) is 0 Å². The van der Waals surface area contributed by atoms with Crippen molar-refractivity contribution in [2.24, 2.45) is 0 Å². The number of thioether (sulfide) groups is 1. The van der Waals surface area contributed by atoms with Gasteiger partial charge in [-0.15, -0.1) is 11.8 Å². The van der Waals surface area contributed by atoms with E-state index in [1.165, 1.54) is 17.5 Å². The van der Waals surface area contributed by atoms with E-state index in [1.54, 1.807) is 16.7 Å². The number of hydrogen-bond donors (Lipinski definition) is 1. The fourth-order valence-electron chi connectivity index (χ4n) is 4.06. The zero-order valence-corrected chi connectivity index (χ0v) is 20.6. The van der Waals surface area contributed by atoms with Crippen LogP contribution >= 0.6 is 23.4 Å². The average Bonchev–Trinajstić information content (AvgIpc) is 2.80. The summed E-state index contributed by atoms with van der Waals surface area (Å²) in [7, 11) is 0. The molecule has 1 N–H and O–H groups in total. The molecule has 3 rings (SSSR count). The van der Waals surface area contributed by atoms with Gasteiger partial charge in [-0.1, -0.05) is 73.3 Å². The Bertz CT molecular complexity index is 914. The first kappa shape index (κ1) is 24.7. The van der Waals surface area contributed by atoms with Crippen molar-refractivity contribution < 1.29 is 9.59 Å². The number of halogens is 1. The summed E-state index contributed by atoms with van der Waals surface area (Å²) < 4.78 is 0. The number of carbonyl (C=O) groups is 2. The van der Waals surface area contributed by atoms with Gasteiger partial charge in [-0.05, 0) is 49.4 Å². The maximum absolute atomic E-state index is 13.3. The maximum atomic E-state index is 13.3. The average molecular weight is 473 g/mol. The van der Waals surface area contributed by atoms with Gasteiger partial charge >= 0.3 is 0 Å². The van der Waals surface area contributed by atoms with Crippen LogP contribution in [0.5, 0.6) is 0 Å². The van der Waals surface area contributed by atoms with Gasteiger partial charge in [0.2, 0.25) is 11.8 Å². The first-order valence-electron chi connectivity index (χ1n) is 11.4. The number of nitrogens with one attached hydrogen (secondary N) is 1. The minimum atomic E-state index is -0.556. The van der Waals surface area contributed by atoms with Gasteiger partial charge in [0.15, 0.2) is 0 Å². The lowest BCUT2D eigenvalue weighted by molar-refractivity contribution is -0.139. The molecule has 0 spiro atoms. The van der Waals surface area contributed by atoms with Crippen LogP contribution in [0.3, 0.4) is 0 Å². The molecule has 1 aliphatic carbocycles. The van der Waals surface area contributed by atoms with E-state index in [-0.39, 0.29) is 17.9 Å². The van der Waals surface area contributed by atoms with Crippen LogP contribution < -0.4 is 5.32 Å². The molecule has 0 heterocycles. The van der Waals surface area contributed by atoms with Crippen LogP contribution in [-0.2, 0) is 21.9 Å². The molecule has 0 aromatic heterocycles. The summed E-state index contributed by atoms with van der Waals surface area (Å²) in [6, 6.07) is 15.4. The molecular formula is C26H33ClN2O2S. The molecule has 0 radical (unpaired) electrons. The van der Waals surface area contributed by atoms with E-state index in [2.05, 4.69) is 24.4 Å². The molecule has 32 heavy (non-hydrogen) atoms. The standard InChI is InChI=1S/C26H33ClN2O2S/c1-19-10-6-7-12-22(19)17-32-18-25(30)29(16-21-11-8-9-15-24(21)27)20(2)26(31)28-23-13-4-3-5-14-23/h6-12,15,20,23H,3-5,13-14,16-18H2,1-2H3,(H,28,31)/t20-/m0/s1. The van der Waals surface area contributed by atoms with Gasteiger partial charge in [0, 0.05) is 23.4 Å². The minimum Gasteiger partial charge on any atom is -0.352 e. The molecule has 1 saturated carbocycles. The maximum Gasteiger partial charge on any atom is 0.242 e. The van der Waals surface area contributed by atoms with Gasteiger partial charge < -0.3 is 10.2 Å². The summed E-state index contributed by atoms with van der Waals surface area (Å²) in [5.74, 6) is 0.955. The van der Waals surface area contributed by atoms with Crippen molar-refractivity contribution in [3.63, 3.8) is 0 Å². The van der Waals surface area contributed by atoms with Gasteiger partial charge in [-0.3, -0.25) is 9.59 Å². The molecule has 2 aromatic carbocycles. The lowest BCUT2D eigenvalue weighted by Crippen LogP contribution is -2.50. The summed E-state index contributed by atoms with van der Waals surface area (Å²) in [5, 5.41) is 3.78. The van der Waals surface area contributed by atoms with E-state index in [0.29, 0.717) is 17.3 Å². The first-order chi connectivity index (χ1) is 15.5. The van der Waals surface area contributed by atoms with E-state index in [4.69, 9.17) is 11.6 Å². The number of benzene rings is 2. The highest BCUT2D eigenvalue weighted by molar-refractivity contribution is 7.99. The second kappa shape index (κ2) is 12.3. The highest BCUT2D eigenvalue weighted by Gasteiger charge is 2.28. The quantitative estimate of drug-likeness (QED) is 0.505. The Balaban J connectivity index is 1.67. The van der Waals surface area contributed by atoms with E-state index in [1.807, 2.05) is 43.3 Å². The normalized spacial score (nSPS) is 15.2. The van der Waals surface area contributed by atoms with Crippen molar-refractivity contribution in [3.8, 4) is 0 Å². The Morgan fingerprint density at radius 2 is 1.72 bits per heavy atom. The van der Waals surface area contributed by atoms with E-state index in [0.717, 1.165) is 37.0 Å². The third kappa shape index (κ3) is 7.01. The predicted octanol–water partition coefficient (Wildman–Crippen LogP) is 5.75. The monoisotopic (exact) mass is 472 g/mol. The van der Waals surface area contributed by atoms with Crippen LogP contribution in [0.2, 0.25) is 5.02 Å². The van der Waals surface area contributed by atoms with Crippen LogP contribution in [0.1, 0.15) is 55.7 Å². The smallest absolute Gasteiger partial charge is 0.242 e. The lowest BCUT2D eigenvalue weighted by atomic mass is 9.95. The molecule has 0 unspecified atom stereocenters. The SMILES string of the molecule is Cc1ccccc1CSCC(=O)N(Cc1ccccc1Cl)[C@@H](C)C(=O)NC1CCCCC1. The Labute approximate surface area is 201 Å². The number of amides is 2. The van der Waals surface area contributed by atoms with Gasteiger partial charge in [0.25, 0.3) is 0 Å². The highest BCUT2D eigenvalue weighted by atomic mass is 35.5. The number of hydrogen-bond acceptors (Lipinski definition) is 3. The van der Waals surface area contributed by atoms with E-state index >= 15 is 0 Å². The summed E-state index contributed by atoms with van der Waals surface area (Å²) in [4.78, 5) is 28.0. The largest absolute Gasteiger partial charge is 0.352 e. The van der Waals surface area contributed by atoms with Crippen molar-refractivity contribution in [1.29, 1.82) is 0 Å². The zero-order chi connectivity index (χ0) is 22.9. The van der Waals surface area contributed by atoms with Crippen LogP contribution in [0.15, 0.2) is 48.5 Å². The molecule has 1 aliphatic rings. The third-order valence-corrected chi connectivity index (χ3v) is 7.50. The highest BCUT2D eigenvalue weighted by Crippen LogP contribution is 2.22. The number of nitrogens with zero attached hydrogens (tertiary/aromatic N) is 1. The molecule has 172 valence electrons. The number of aryl methyl sites for hydroxylation is 1. The molecule has 0 bridgehead atoms. The van der Waals surface area contributed by atoms with Crippen molar-refractivity contribution in [2.45, 2.75) is 70.3 Å². The molecule has 6 heteroatoms. The Morgan fingerprint density at radius 1 is 1.06 bits per heavy atom.